The van der Waals surface area contributed by atoms with Crippen LogP contribution in [0.15, 0.2) is 12.2 Å². The zero-order chi connectivity index (χ0) is 18.2. The lowest BCUT2D eigenvalue weighted by Gasteiger charge is -2.29. The zero-order valence-corrected chi connectivity index (χ0v) is 14.4. The van der Waals surface area contributed by atoms with E-state index in [0.717, 1.165) is 19.4 Å². The van der Waals surface area contributed by atoms with E-state index in [4.69, 9.17) is 4.74 Å². The first-order chi connectivity index (χ1) is 11.0. The van der Waals surface area contributed by atoms with E-state index in [9.17, 15) is 22.8 Å². The number of fused-ring (bicyclic) bond motifs is 1. The van der Waals surface area contributed by atoms with Crippen LogP contribution in [-0.2, 0) is 14.3 Å². The number of alkyl halides is 3. The first-order valence-electron chi connectivity index (χ1n) is 8.55. The molecule has 0 radical (unpaired) electrons. The molecule has 4 atom stereocenters. The summed E-state index contributed by atoms with van der Waals surface area (Å²) in [5.74, 6) is -1.31. The van der Waals surface area contributed by atoms with Crippen molar-refractivity contribution in [1.29, 1.82) is 0 Å². The van der Waals surface area contributed by atoms with E-state index in [0.29, 0.717) is 19.3 Å². The van der Waals surface area contributed by atoms with Crippen LogP contribution in [-0.4, -0.2) is 23.5 Å². The second kappa shape index (κ2) is 6.52. The molecule has 0 amide bonds. The molecule has 1 saturated heterocycles. The van der Waals surface area contributed by atoms with E-state index in [1.54, 1.807) is 13.0 Å². The van der Waals surface area contributed by atoms with Crippen LogP contribution >= 0.6 is 0 Å². The SMILES string of the molecule is CCCCC(C)(C(=O)C=C[C@H]1CC[C@@]2(C)OC(=O)C[C@H]12)C(F)(F)F. The quantitative estimate of drug-likeness (QED) is 0.521. The Bertz CT molecular complexity index is 540. The number of unbranched alkanes of at least 4 members (excludes halogenated alkanes) is 1. The van der Waals surface area contributed by atoms with Gasteiger partial charge in [0.1, 0.15) is 11.0 Å². The van der Waals surface area contributed by atoms with Crippen molar-refractivity contribution in [2.24, 2.45) is 17.3 Å². The highest BCUT2D eigenvalue weighted by Gasteiger charge is 2.55. The standard InChI is InChI=1S/C18H25F3O3/c1-4-5-9-16(2,18(19,20)21)14(22)7-6-12-8-10-17(3)13(12)11-15(23)24-17/h6-7,12-13H,4-5,8-11H2,1-3H3/t12-,13+,16?,17+/m0/s1. The molecule has 1 aliphatic heterocycles. The van der Waals surface area contributed by atoms with Gasteiger partial charge in [0.15, 0.2) is 5.78 Å². The van der Waals surface area contributed by atoms with Gasteiger partial charge in [-0.2, -0.15) is 13.2 Å². The molecule has 1 aliphatic carbocycles. The van der Waals surface area contributed by atoms with E-state index in [-0.39, 0.29) is 30.6 Å². The molecular weight excluding hydrogens is 321 g/mol. The fourth-order valence-electron chi connectivity index (χ4n) is 3.83. The number of rotatable bonds is 6. The predicted octanol–water partition coefficient (Wildman–Crippen LogP) is 4.60. The van der Waals surface area contributed by atoms with Crippen molar-refractivity contribution >= 4 is 11.8 Å². The summed E-state index contributed by atoms with van der Waals surface area (Å²) < 4.78 is 45.5. The maximum Gasteiger partial charge on any atom is 0.401 e. The van der Waals surface area contributed by atoms with Crippen LogP contribution in [0.2, 0.25) is 0 Å². The molecular formula is C18H25F3O3. The number of hydrogen-bond acceptors (Lipinski definition) is 3. The summed E-state index contributed by atoms with van der Waals surface area (Å²) in [4.78, 5) is 23.8. The predicted molar refractivity (Wildman–Crippen MR) is 83.2 cm³/mol. The smallest absolute Gasteiger partial charge is 0.401 e. The van der Waals surface area contributed by atoms with Crippen molar-refractivity contribution < 1.29 is 27.5 Å². The lowest BCUT2D eigenvalue weighted by atomic mass is 9.79. The molecule has 1 saturated carbocycles. The molecule has 6 heteroatoms. The van der Waals surface area contributed by atoms with Crippen molar-refractivity contribution in [1.82, 2.24) is 0 Å². The Balaban J connectivity index is 2.12. The number of ketones is 1. The third-order valence-corrected chi connectivity index (χ3v) is 5.70. The minimum atomic E-state index is -4.57. The highest BCUT2D eigenvalue weighted by Crippen LogP contribution is 2.50. The van der Waals surface area contributed by atoms with Gasteiger partial charge in [-0.1, -0.05) is 25.8 Å². The number of ether oxygens (including phenoxy) is 1. The van der Waals surface area contributed by atoms with Gasteiger partial charge in [-0.3, -0.25) is 9.59 Å². The number of allylic oxidation sites excluding steroid dienone is 2. The van der Waals surface area contributed by atoms with E-state index in [1.807, 2.05) is 6.92 Å². The average Bonchev–Trinajstić information content (AvgIpc) is 2.93. The summed E-state index contributed by atoms with van der Waals surface area (Å²) in [6.45, 7) is 4.64. The van der Waals surface area contributed by atoms with Crippen LogP contribution in [0.4, 0.5) is 13.2 Å². The third kappa shape index (κ3) is 3.38. The number of hydrogen-bond donors (Lipinski definition) is 0. The maximum atomic E-state index is 13.4. The van der Waals surface area contributed by atoms with Crippen molar-refractivity contribution in [3.05, 3.63) is 12.2 Å². The van der Waals surface area contributed by atoms with Gasteiger partial charge >= 0.3 is 12.1 Å². The molecule has 0 bridgehead atoms. The molecule has 3 nitrogen and oxygen atoms in total. The molecule has 2 fully saturated rings. The van der Waals surface area contributed by atoms with Crippen molar-refractivity contribution in [2.75, 3.05) is 0 Å². The maximum absolute atomic E-state index is 13.4. The van der Waals surface area contributed by atoms with Crippen molar-refractivity contribution in [3.63, 3.8) is 0 Å². The number of esters is 1. The number of halogens is 3. The Hall–Kier alpha value is -1.33. The number of carbonyl (C=O) groups is 2. The Morgan fingerprint density at radius 2 is 2.08 bits per heavy atom. The van der Waals surface area contributed by atoms with E-state index < -0.39 is 23.0 Å². The molecule has 2 rings (SSSR count). The van der Waals surface area contributed by atoms with Crippen LogP contribution in [0.1, 0.15) is 59.3 Å². The van der Waals surface area contributed by atoms with E-state index >= 15 is 0 Å². The van der Waals surface area contributed by atoms with Crippen LogP contribution in [0.25, 0.3) is 0 Å². The van der Waals surface area contributed by atoms with Gasteiger partial charge in [0, 0.05) is 5.92 Å². The molecule has 0 aromatic heterocycles. The van der Waals surface area contributed by atoms with Gasteiger partial charge in [0.2, 0.25) is 0 Å². The Labute approximate surface area is 140 Å². The molecule has 136 valence electrons. The van der Waals surface area contributed by atoms with E-state index in [2.05, 4.69) is 0 Å². The van der Waals surface area contributed by atoms with Crippen LogP contribution in [0.5, 0.6) is 0 Å². The topological polar surface area (TPSA) is 43.4 Å². The summed E-state index contributed by atoms with van der Waals surface area (Å²) in [5, 5.41) is 0. The Morgan fingerprint density at radius 3 is 2.67 bits per heavy atom. The Kier molecular flexibility index (Phi) is 5.17. The van der Waals surface area contributed by atoms with Gasteiger partial charge < -0.3 is 4.74 Å². The molecule has 2 aliphatic rings. The normalized spacial score (nSPS) is 32.7. The van der Waals surface area contributed by atoms with Crippen molar-refractivity contribution in [2.45, 2.75) is 71.1 Å². The van der Waals surface area contributed by atoms with Crippen LogP contribution < -0.4 is 0 Å². The largest absolute Gasteiger partial charge is 0.459 e. The second-order valence-electron chi connectivity index (χ2n) is 7.46. The summed E-state index contributed by atoms with van der Waals surface area (Å²) in [5.41, 5.74) is -2.88. The summed E-state index contributed by atoms with van der Waals surface area (Å²) in [6, 6.07) is 0. The molecule has 0 spiro atoms. The Morgan fingerprint density at radius 1 is 1.42 bits per heavy atom. The lowest BCUT2D eigenvalue weighted by Crippen LogP contribution is -2.41. The fourth-order valence-corrected chi connectivity index (χ4v) is 3.83. The average molecular weight is 346 g/mol. The van der Waals surface area contributed by atoms with Crippen LogP contribution in [0.3, 0.4) is 0 Å². The zero-order valence-electron chi connectivity index (χ0n) is 14.4. The summed E-state index contributed by atoms with van der Waals surface area (Å²) >= 11 is 0. The van der Waals surface area contributed by atoms with Gasteiger partial charge in [-0.05, 0) is 45.1 Å². The van der Waals surface area contributed by atoms with Gasteiger partial charge in [0.25, 0.3) is 0 Å². The minimum absolute atomic E-state index is 0.0539. The van der Waals surface area contributed by atoms with Gasteiger partial charge in [-0.25, -0.2) is 0 Å². The molecule has 0 aromatic rings. The highest BCUT2D eigenvalue weighted by molar-refractivity contribution is 5.95. The fraction of sp³-hybridized carbons (Fsp3) is 0.778. The summed E-state index contributed by atoms with van der Waals surface area (Å²) in [6.07, 6.45) is 0.497. The van der Waals surface area contributed by atoms with Gasteiger partial charge in [-0.15, -0.1) is 0 Å². The first-order valence-corrected chi connectivity index (χ1v) is 8.55. The third-order valence-electron chi connectivity index (χ3n) is 5.70. The van der Waals surface area contributed by atoms with Crippen molar-refractivity contribution in [3.8, 4) is 0 Å². The first kappa shape index (κ1) is 19.0. The summed E-state index contributed by atoms with van der Waals surface area (Å²) in [7, 11) is 0. The monoisotopic (exact) mass is 346 g/mol. The molecule has 1 unspecified atom stereocenters. The highest BCUT2D eigenvalue weighted by atomic mass is 19.4. The molecule has 0 N–H and O–H groups in total. The molecule has 1 heterocycles. The molecule has 0 aromatic carbocycles. The second-order valence-corrected chi connectivity index (χ2v) is 7.46. The van der Waals surface area contributed by atoms with Gasteiger partial charge in [0.05, 0.1) is 6.42 Å². The van der Waals surface area contributed by atoms with E-state index in [1.165, 1.54) is 0 Å². The van der Waals surface area contributed by atoms with Crippen LogP contribution in [0, 0.1) is 17.3 Å². The number of carbonyl (C=O) groups excluding carboxylic acids is 2. The lowest BCUT2D eigenvalue weighted by molar-refractivity contribution is -0.215. The molecule has 24 heavy (non-hydrogen) atoms. The minimum Gasteiger partial charge on any atom is -0.459 e.